The van der Waals surface area contributed by atoms with E-state index in [4.69, 9.17) is 0 Å². The van der Waals surface area contributed by atoms with E-state index in [1.165, 1.54) is 23.1 Å². The van der Waals surface area contributed by atoms with Gasteiger partial charge in [-0.2, -0.15) is 0 Å². The predicted octanol–water partition coefficient (Wildman–Crippen LogP) is 2.76. The molecule has 26 heavy (non-hydrogen) atoms. The molecule has 7 nitrogen and oxygen atoms in total. The summed E-state index contributed by atoms with van der Waals surface area (Å²) < 4.78 is 0. The molecule has 1 aliphatic rings. The van der Waals surface area contributed by atoms with Gasteiger partial charge in [0.2, 0.25) is 0 Å². The Morgan fingerprint density at radius 3 is 2.42 bits per heavy atom. The number of carbonyl (C=O) groups excluding carboxylic acids is 2. The van der Waals surface area contributed by atoms with Gasteiger partial charge in [0.25, 0.3) is 17.5 Å². The standard InChI is InChI=1S/C19H19N3O4/c1-21(19(24)16-4-2-3-5-17(16)22(25)26)12-13-6-8-14(9-7-13)18(23)20-15-10-11-15/h2-9,15H,10-12H2,1H3,(H,20,23). The maximum Gasteiger partial charge on any atom is 0.282 e. The van der Waals surface area contributed by atoms with Crippen LogP contribution in [0.4, 0.5) is 5.69 Å². The van der Waals surface area contributed by atoms with Crippen LogP contribution in [0.5, 0.6) is 0 Å². The molecule has 0 heterocycles. The second-order valence-electron chi connectivity index (χ2n) is 6.38. The van der Waals surface area contributed by atoms with Crippen molar-refractivity contribution in [3.8, 4) is 0 Å². The average Bonchev–Trinajstić information content (AvgIpc) is 3.45. The van der Waals surface area contributed by atoms with Crippen molar-refractivity contribution in [2.24, 2.45) is 0 Å². The molecule has 3 rings (SSSR count). The second kappa shape index (κ2) is 7.35. The van der Waals surface area contributed by atoms with Crippen LogP contribution in [0.3, 0.4) is 0 Å². The molecule has 2 aromatic rings. The van der Waals surface area contributed by atoms with Crippen LogP contribution in [0, 0.1) is 10.1 Å². The summed E-state index contributed by atoms with van der Waals surface area (Å²) in [5.41, 5.74) is 1.26. The zero-order valence-electron chi connectivity index (χ0n) is 14.3. The Morgan fingerprint density at radius 1 is 1.15 bits per heavy atom. The van der Waals surface area contributed by atoms with E-state index >= 15 is 0 Å². The molecule has 0 unspecified atom stereocenters. The molecule has 1 N–H and O–H groups in total. The van der Waals surface area contributed by atoms with Crippen LogP contribution in [0.25, 0.3) is 0 Å². The first-order valence-corrected chi connectivity index (χ1v) is 8.34. The third-order valence-corrected chi connectivity index (χ3v) is 4.23. The highest BCUT2D eigenvalue weighted by molar-refractivity contribution is 5.98. The lowest BCUT2D eigenvalue weighted by atomic mass is 10.1. The van der Waals surface area contributed by atoms with Gasteiger partial charge in [0, 0.05) is 31.3 Å². The molecule has 0 aromatic heterocycles. The van der Waals surface area contributed by atoms with Crippen LogP contribution >= 0.6 is 0 Å². The number of rotatable bonds is 6. The van der Waals surface area contributed by atoms with Gasteiger partial charge >= 0.3 is 0 Å². The summed E-state index contributed by atoms with van der Waals surface area (Å²) in [7, 11) is 1.59. The monoisotopic (exact) mass is 353 g/mol. The van der Waals surface area contributed by atoms with Crippen LogP contribution in [0.2, 0.25) is 0 Å². The van der Waals surface area contributed by atoms with Crippen molar-refractivity contribution in [2.75, 3.05) is 7.05 Å². The van der Waals surface area contributed by atoms with Crippen LogP contribution in [0.15, 0.2) is 48.5 Å². The lowest BCUT2D eigenvalue weighted by Gasteiger charge is -2.17. The fourth-order valence-electron chi connectivity index (χ4n) is 2.62. The quantitative estimate of drug-likeness (QED) is 0.638. The number of nitro groups is 1. The minimum Gasteiger partial charge on any atom is -0.349 e. The molecule has 1 aliphatic carbocycles. The molecule has 134 valence electrons. The van der Waals surface area contributed by atoms with Gasteiger partial charge in [0.1, 0.15) is 5.56 Å². The maximum atomic E-state index is 12.5. The van der Waals surface area contributed by atoms with Crippen molar-refractivity contribution in [3.63, 3.8) is 0 Å². The number of hydrogen-bond donors (Lipinski definition) is 1. The summed E-state index contributed by atoms with van der Waals surface area (Å²) in [6.07, 6.45) is 2.06. The van der Waals surface area contributed by atoms with E-state index in [2.05, 4.69) is 5.32 Å². The molecule has 0 saturated heterocycles. The molecule has 0 atom stereocenters. The van der Waals surface area contributed by atoms with Crippen molar-refractivity contribution in [1.82, 2.24) is 10.2 Å². The van der Waals surface area contributed by atoms with Gasteiger partial charge in [0.05, 0.1) is 4.92 Å². The molecular weight excluding hydrogens is 334 g/mol. The number of benzene rings is 2. The van der Waals surface area contributed by atoms with E-state index in [0.717, 1.165) is 18.4 Å². The highest BCUT2D eigenvalue weighted by atomic mass is 16.6. The minimum atomic E-state index is -0.561. The van der Waals surface area contributed by atoms with Gasteiger partial charge in [-0.1, -0.05) is 24.3 Å². The second-order valence-corrected chi connectivity index (χ2v) is 6.38. The highest BCUT2D eigenvalue weighted by Gasteiger charge is 2.24. The molecule has 0 radical (unpaired) electrons. The van der Waals surface area contributed by atoms with E-state index in [9.17, 15) is 19.7 Å². The zero-order valence-corrected chi connectivity index (χ0v) is 14.3. The average molecular weight is 353 g/mol. The normalized spacial score (nSPS) is 13.1. The lowest BCUT2D eigenvalue weighted by molar-refractivity contribution is -0.385. The van der Waals surface area contributed by atoms with Gasteiger partial charge in [-0.15, -0.1) is 0 Å². The first-order valence-electron chi connectivity index (χ1n) is 8.34. The Labute approximate surface area is 150 Å². The topological polar surface area (TPSA) is 92.6 Å². The SMILES string of the molecule is CN(Cc1ccc(C(=O)NC2CC2)cc1)C(=O)c1ccccc1[N+](=O)[O-]. The Bertz CT molecular complexity index is 844. The summed E-state index contributed by atoms with van der Waals surface area (Å²) in [6.45, 7) is 0.287. The van der Waals surface area contributed by atoms with E-state index in [1.807, 2.05) is 0 Å². The Balaban J connectivity index is 1.67. The van der Waals surface area contributed by atoms with Crippen molar-refractivity contribution < 1.29 is 14.5 Å². The lowest BCUT2D eigenvalue weighted by Crippen LogP contribution is -2.27. The minimum absolute atomic E-state index is 0.0560. The molecule has 1 fully saturated rings. The van der Waals surface area contributed by atoms with Crippen molar-refractivity contribution >= 4 is 17.5 Å². The molecular formula is C19H19N3O4. The summed E-state index contributed by atoms with van der Waals surface area (Å²) in [5.74, 6) is -0.517. The molecule has 2 amide bonds. The molecule has 7 heteroatoms. The van der Waals surface area contributed by atoms with Crippen molar-refractivity contribution in [2.45, 2.75) is 25.4 Å². The number of nitro benzene ring substituents is 1. The van der Waals surface area contributed by atoms with E-state index < -0.39 is 10.8 Å². The molecule has 0 spiro atoms. The number of para-hydroxylation sites is 1. The molecule has 1 saturated carbocycles. The Kier molecular flexibility index (Phi) is 4.97. The highest BCUT2D eigenvalue weighted by Crippen LogP contribution is 2.21. The van der Waals surface area contributed by atoms with Crippen LogP contribution in [0.1, 0.15) is 39.1 Å². The molecule has 0 bridgehead atoms. The summed E-state index contributed by atoms with van der Waals surface area (Å²) in [5, 5.41) is 14.0. The number of hydrogen-bond acceptors (Lipinski definition) is 4. The summed E-state index contributed by atoms with van der Waals surface area (Å²) in [6, 6.07) is 13.2. The molecule has 0 aliphatic heterocycles. The third kappa shape index (κ3) is 4.05. The van der Waals surface area contributed by atoms with Crippen LogP contribution < -0.4 is 5.32 Å². The fraction of sp³-hybridized carbons (Fsp3) is 0.263. The first kappa shape index (κ1) is 17.6. The van der Waals surface area contributed by atoms with Gasteiger partial charge in [0.15, 0.2) is 0 Å². The van der Waals surface area contributed by atoms with Gasteiger partial charge in [-0.05, 0) is 36.6 Å². The van der Waals surface area contributed by atoms with Crippen molar-refractivity contribution in [1.29, 1.82) is 0 Å². The van der Waals surface area contributed by atoms with Crippen LogP contribution in [-0.2, 0) is 6.54 Å². The zero-order chi connectivity index (χ0) is 18.7. The van der Waals surface area contributed by atoms with Gasteiger partial charge in [-0.3, -0.25) is 19.7 Å². The predicted molar refractivity (Wildman–Crippen MR) is 95.8 cm³/mol. The number of carbonyl (C=O) groups is 2. The summed E-state index contributed by atoms with van der Waals surface area (Å²) >= 11 is 0. The number of nitrogens with one attached hydrogen (secondary N) is 1. The largest absolute Gasteiger partial charge is 0.349 e. The maximum absolute atomic E-state index is 12.5. The van der Waals surface area contributed by atoms with E-state index in [-0.39, 0.29) is 23.7 Å². The fourth-order valence-corrected chi connectivity index (χ4v) is 2.62. The summed E-state index contributed by atoms with van der Waals surface area (Å²) in [4.78, 5) is 36.5. The number of nitrogens with zero attached hydrogens (tertiary/aromatic N) is 2. The van der Waals surface area contributed by atoms with E-state index in [0.29, 0.717) is 11.6 Å². The Morgan fingerprint density at radius 2 is 1.81 bits per heavy atom. The van der Waals surface area contributed by atoms with Gasteiger partial charge < -0.3 is 10.2 Å². The Hall–Kier alpha value is -3.22. The third-order valence-electron chi connectivity index (χ3n) is 4.23. The number of amides is 2. The van der Waals surface area contributed by atoms with Crippen LogP contribution in [-0.4, -0.2) is 34.7 Å². The molecule has 2 aromatic carbocycles. The van der Waals surface area contributed by atoms with Gasteiger partial charge in [-0.25, -0.2) is 0 Å². The first-order chi connectivity index (χ1) is 12.5. The van der Waals surface area contributed by atoms with Crippen molar-refractivity contribution in [3.05, 3.63) is 75.3 Å². The smallest absolute Gasteiger partial charge is 0.282 e. The van der Waals surface area contributed by atoms with E-state index in [1.54, 1.807) is 37.4 Å².